The summed E-state index contributed by atoms with van der Waals surface area (Å²) in [7, 11) is 1.76. The molecule has 1 amide bonds. The second kappa shape index (κ2) is 11.4. The number of carbonyl (C=O) groups excluding carboxylic acids is 1. The molecule has 3 fully saturated rings. The van der Waals surface area contributed by atoms with Crippen LogP contribution in [0.25, 0.3) is 16.6 Å². The third-order valence-electron chi connectivity index (χ3n) is 9.24. The minimum Gasteiger partial charge on any atom is -0.489 e. The van der Waals surface area contributed by atoms with E-state index < -0.39 is 0 Å². The quantitative estimate of drug-likeness (QED) is 0.343. The molecule has 1 saturated carbocycles. The first kappa shape index (κ1) is 27.5. The van der Waals surface area contributed by atoms with Crippen molar-refractivity contribution in [3.63, 3.8) is 0 Å². The molecule has 2 unspecified atom stereocenters. The molecule has 3 aliphatic rings. The van der Waals surface area contributed by atoms with Crippen molar-refractivity contribution >= 4 is 23.5 Å². The minimum atomic E-state index is -0.355. The summed E-state index contributed by atoms with van der Waals surface area (Å²) in [6.45, 7) is 6.23. The van der Waals surface area contributed by atoms with Gasteiger partial charge >= 0.3 is 0 Å². The van der Waals surface area contributed by atoms with Crippen molar-refractivity contribution in [3.05, 3.63) is 77.5 Å². The molecule has 2 saturated heterocycles. The Bertz CT molecular complexity index is 1660. The summed E-state index contributed by atoms with van der Waals surface area (Å²) in [5.41, 5.74) is 4.67. The molecule has 9 nitrogen and oxygen atoms in total. The van der Waals surface area contributed by atoms with E-state index in [2.05, 4.69) is 32.4 Å². The van der Waals surface area contributed by atoms with E-state index in [9.17, 15) is 9.18 Å². The second-order valence-corrected chi connectivity index (χ2v) is 11.9. The van der Waals surface area contributed by atoms with Gasteiger partial charge in [-0.15, -0.1) is 0 Å². The van der Waals surface area contributed by atoms with Gasteiger partial charge < -0.3 is 19.9 Å². The van der Waals surface area contributed by atoms with E-state index in [1.165, 1.54) is 6.07 Å². The fraction of sp³-hybridized carbons (Fsp3) is 0.394. The topological polar surface area (TPSA) is 87.4 Å². The highest BCUT2D eigenvalue weighted by atomic mass is 19.1. The second-order valence-electron chi connectivity index (χ2n) is 11.9. The highest BCUT2D eigenvalue weighted by Gasteiger charge is 2.38. The van der Waals surface area contributed by atoms with Gasteiger partial charge in [-0.05, 0) is 80.6 Å². The molecule has 1 aliphatic carbocycles. The van der Waals surface area contributed by atoms with Crippen LogP contribution in [0, 0.1) is 24.6 Å². The molecule has 4 aromatic rings. The summed E-state index contributed by atoms with van der Waals surface area (Å²) in [4.78, 5) is 26.1. The average Bonchev–Trinajstić information content (AvgIpc) is 3.74. The molecule has 10 heteroatoms. The SMILES string of the molecule is C/N=C/c1cnn2cc(OC3CC4CNCC4C3)cc(-c3ccc(N4CCN(C(=O)c5cccc(F)c5C)CC4)nc3)c12. The Morgan fingerprint density at radius 1 is 1.09 bits per heavy atom. The van der Waals surface area contributed by atoms with E-state index in [1.54, 1.807) is 31.0 Å². The van der Waals surface area contributed by atoms with Crippen LogP contribution in [0.5, 0.6) is 5.75 Å². The number of hydrogen-bond acceptors (Lipinski definition) is 7. The first-order valence-corrected chi connectivity index (χ1v) is 15.0. The highest BCUT2D eigenvalue weighted by molar-refractivity contribution is 5.97. The van der Waals surface area contributed by atoms with E-state index in [0.29, 0.717) is 49.1 Å². The van der Waals surface area contributed by atoms with Gasteiger partial charge in [-0.1, -0.05) is 6.07 Å². The van der Waals surface area contributed by atoms with Gasteiger partial charge in [-0.3, -0.25) is 9.79 Å². The number of aliphatic imine (C=N–C) groups is 1. The number of benzene rings is 1. The molecule has 5 heterocycles. The lowest BCUT2D eigenvalue weighted by Crippen LogP contribution is -2.49. The number of carbonyl (C=O) groups is 1. The third-order valence-corrected chi connectivity index (χ3v) is 9.24. The summed E-state index contributed by atoms with van der Waals surface area (Å²) in [6, 6.07) is 10.9. The number of aromatic nitrogens is 3. The average molecular weight is 582 g/mol. The van der Waals surface area contributed by atoms with Crippen LogP contribution >= 0.6 is 0 Å². The fourth-order valence-corrected chi connectivity index (χ4v) is 6.92. The molecule has 2 atom stereocenters. The molecule has 1 aromatic carbocycles. The largest absolute Gasteiger partial charge is 0.489 e. The Labute approximate surface area is 250 Å². The maximum absolute atomic E-state index is 14.0. The molecule has 7 rings (SSSR count). The molecule has 2 aliphatic heterocycles. The number of rotatable bonds is 6. The Morgan fingerprint density at radius 3 is 2.60 bits per heavy atom. The lowest BCUT2D eigenvalue weighted by molar-refractivity contribution is 0.0745. The zero-order valence-corrected chi connectivity index (χ0v) is 24.5. The van der Waals surface area contributed by atoms with Gasteiger partial charge in [0.05, 0.1) is 24.0 Å². The number of hydrogen-bond donors (Lipinski definition) is 1. The number of piperazine rings is 1. The number of fused-ring (bicyclic) bond motifs is 2. The van der Waals surface area contributed by atoms with E-state index in [4.69, 9.17) is 9.72 Å². The normalized spacial score (nSPS) is 22.1. The molecule has 43 heavy (non-hydrogen) atoms. The van der Waals surface area contributed by atoms with Gasteiger partial charge in [0, 0.05) is 67.9 Å². The molecule has 222 valence electrons. The molecule has 0 bridgehead atoms. The lowest BCUT2D eigenvalue weighted by atomic mass is 10.0. The number of ether oxygens (including phenoxy) is 1. The Morgan fingerprint density at radius 2 is 1.88 bits per heavy atom. The van der Waals surface area contributed by atoms with E-state index in [-0.39, 0.29) is 17.8 Å². The van der Waals surface area contributed by atoms with Gasteiger partial charge in [0.25, 0.3) is 5.91 Å². The van der Waals surface area contributed by atoms with Crippen LogP contribution in [0.2, 0.25) is 0 Å². The Balaban J connectivity index is 1.10. The fourth-order valence-electron chi connectivity index (χ4n) is 6.92. The zero-order valence-electron chi connectivity index (χ0n) is 24.5. The van der Waals surface area contributed by atoms with Gasteiger partial charge in [-0.25, -0.2) is 13.9 Å². The van der Waals surface area contributed by atoms with Crippen molar-refractivity contribution in [1.29, 1.82) is 0 Å². The van der Waals surface area contributed by atoms with Crippen molar-refractivity contribution < 1.29 is 13.9 Å². The van der Waals surface area contributed by atoms with Crippen molar-refractivity contribution in [2.75, 3.05) is 51.2 Å². The van der Waals surface area contributed by atoms with Crippen LogP contribution in [0.1, 0.15) is 34.3 Å². The number of amides is 1. The standard InChI is InChI=1S/C33H36FN7O2/c1-21-28(4-3-5-30(21)34)33(42)40-10-8-39(9-11-40)31-7-6-22(18-37-31)29-14-27(20-41-32(29)25(15-35-2)19-38-41)43-26-12-23-16-36-17-24(23)13-26/h3-7,14-15,18-20,23-24,26,36H,8-13,16-17H2,1-2H3/b35-15+. The first-order valence-electron chi connectivity index (χ1n) is 15.0. The van der Waals surface area contributed by atoms with Crippen molar-refractivity contribution in [3.8, 4) is 16.9 Å². The van der Waals surface area contributed by atoms with Gasteiger partial charge in [0.1, 0.15) is 17.4 Å². The van der Waals surface area contributed by atoms with Crippen LogP contribution in [0.4, 0.5) is 10.2 Å². The van der Waals surface area contributed by atoms with Gasteiger partial charge in [-0.2, -0.15) is 5.10 Å². The predicted molar refractivity (Wildman–Crippen MR) is 165 cm³/mol. The molecular formula is C33H36FN7O2. The van der Waals surface area contributed by atoms with Crippen molar-refractivity contribution in [2.24, 2.45) is 16.8 Å². The Hall–Kier alpha value is -4.31. The minimum absolute atomic E-state index is 0.129. The predicted octanol–water partition coefficient (Wildman–Crippen LogP) is 4.23. The van der Waals surface area contributed by atoms with Crippen LogP contribution in [0.3, 0.4) is 0 Å². The van der Waals surface area contributed by atoms with Crippen molar-refractivity contribution in [2.45, 2.75) is 25.9 Å². The molecule has 3 aromatic heterocycles. The van der Waals surface area contributed by atoms with Crippen LogP contribution < -0.4 is 15.0 Å². The van der Waals surface area contributed by atoms with E-state index in [0.717, 1.165) is 59.7 Å². The monoisotopic (exact) mass is 581 g/mol. The molecule has 0 spiro atoms. The number of halogens is 1. The van der Waals surface area contributed by atoms with Gasteiger partial charge in [0.15, 0.2) is 0 Å². The van der Waals surface area contributed by atoms with Crippen LogP contribution in [0.15, 0.2) is 60.0 Å². The van der Waals surface area contributed by atoms with Crippen LogP contribution in [-0.4, -0.2) is 84.0 Å². The lowest BCUT2D eigenvalue weighted by Gasteiger charge is -2.35. The smallest absolute Gasteiger partial charge is 0.254 e. The summed E-state index contributed by atoms with van der Waals surface area (Å²) in [5, 5.41) is 8.12. The summed E-state index contributed by atoms with van der Waals surface area (Å²) >= 11 is 0. The maximum atomic E-state index is 14.0. The number of anilines is 1. The van der Waals surface area contributed by atoms with Crippen LogP contribution in [-0.2, 0) is 0 Å². The molecular weight excluding hydrogens is 545 g/mol. The van der Waals surface area contributed by atoms with E-state index in [1.807, 2.05) is 35.4 Å². The van der Waals surface area contributed by atoms with E-state index >= 15 is 0 Å². The zero-order chi connectivity index (χ0) is 29.5. The molecule has 0 radical (unpaired) electrons. The Kier molecular flexibility index (Phi) is 7.30. The number of pyridine rings is 2. The highest BCUT2D eigenvalue weighted by Crippen LogP contribution is 2.38. The molecule has 1 N–H and O–H groups in total. The summed E-state index contributed by atoms with van der Waals surface area (Å²) in [5.74, 6) is 2.58. The summed E-state index contributed by atoms with van der Waals surface area (Å²) < 4.78 is 22.4. The number of nitrogens with one attached hydrogen (secondary N) is 1. The van der Waals surface area contributed by atoms with Gasteiger partial charge in [0.2, 0.25) is 0 Å². The third kappa shape index (κ3) is 5.24. The maximum Gasteiger partial charge on any atom is 0.254 e. The van der Waals surface area contributed by atoms with Crippen molar-refractivity contribution in [1.82, 2.24) is 24.8 Å². The first-order chi connectivity index (χ1) is 21.0. The summed E-state index contributed by atoms with van der Waals surface area (Å²) in [6.07, 6.45) is 9.88. The number of nitrogens with zero attached hydrogens (tertiary/aromatic N) is 6.